The summed E-state index contributed by atoms with van der Waals surface area (Å²) in [5.74, 6) is 0. The third kappa shape index (κ3) is 2.08. The van der Waals surface area contributed by atoms with Crippen LogP contribution in [0.15, 0.2) is 30.5 Å². The number of fused-ring (bicyclic) bond motifs is 1. The Morgan fingerprint density at radius 3 is 2.79 bits per heavy atom. The van der Waals surface area contributed by atoms with E-state index in [4.69, 9.17) is 5.73 Å². The maximum absolute atomic E-state index is 6.30. The van der Waals surface area contributed by atoms with Crippen LogP contribution in [0.25, 0.3) is 5.69 Å². The Hall–Kier alpha value is -1.61. The fraction of sp³-hybridized carbons (Fsp3) is 0.438. The largest absolute Gasteiger partial charge is 0.324 e. The Labute approximate surface area is 114 Å². The molecule has 0 amide bonds. The molecule has 1 aliphatic rings. The van der Waals surface area contributed by atoms with Crippen molar-refractivity contribution in [1.29, 1.82) is 0 Å². The van der Waals surface area contributed by atoms with Crippen LogP contribution in [0.1, 0.15) is 43.1 Å². The van der Waals surface area contributed by atoms with Gasteiger partial charge in [0.15, 0.2) is 0 Å². The summed E-state index contributed by atoms with van der Waals surface area (Å²) in [4.78, 5) is 0. The van der Waals surface area contributed by atoms with Crippen molar-refractivity contribution in [2.45, 2.75) is 39.7 Å². The number of nitrogens with two attached hydrogens (primary N) is 1. The van der Waals surface area contributed by atoms with Gasteiger partial charge in [-0.05, 0) is 36.8 Å². The van der Waals surface area contributed by atoms with E-state index in [1.54, 1.807) is 0 Å². The molecule has 100 valence electrons. The van der Waals surface area contributed by atoms with Crippen LogP contribution in [0.5, 0.6) is 0 Å². The second kappa shape index (κ2) is 4.20. The van der Waals surface area contributed by atoms with Crippen LogP contribution in [0, 0.1) is 12.3 Å². The van der Waals surface area contributed by atoms with Gasteiger partial charge in [0.25, 0.3) is 0 Å². The van der Waals surface area contributed by atoms with Crippen molar-refractivity contribution >= 4 is 0 Å². The first-order valence-corrected chi connectivity index (χ1v) is 6.86. The number of aromatic nitrogens is 2. The summed E-state index contributed by atoms with van der Waals surface area (Å²) >= 11 is 0. The molecule has 3 nitrogen and oxygen atoms in total. The van der Waals surface area contributed by atoms with E-state index in [-0.39, 0.29) is 11.5 Å². The molecule has 3 heteroatoms. The minimum absolute atomic E-state index is 0.108. The maximum Gasteiger partial charge on any atom is 0.0678 e. The molecule has 0 bridgehead atoms. The van der Waals surface area contributed by atoms with Crippen molar-refractivity contribution in [2.24, 2.45) is 11.1 Å². The van der Waals surface area contributed by atoms with E-state index in [1.807, 2.05) is 6.20 Å². The van der Waals surface area contributed by atoms with Gasteiger partial charge in [-0.2, -0.15) is 5.10 Å². The summed E-state index contributed by atoms with van der Waals surface area (Å²) in [5, 5.41) is 4.58. The van der Waals surface area contributed by atoms with Crippen LogP contribution in [0.3, 0.4) is 0 Å². The molecule has 1 aromatic carbocycles. The topological polar surface area (TPSA) is 43.8 Å². The Balaban J connectivity index is 2.14. The van der Waals surface area contributed by atoms with Crippen molar-refractivity contribution in [3.8, 4) is 5.69 Å². The van der Waals surface area contributed by atoms with Crippen LogP contribution < -0.4 is 5.73 Å². The minimum atomic E-state index is 0.108. The molecule has 0 fully saturated rings. The van der Waals surface area contributed by atoms with E-state index in [9.17, 15) is 0 Å². The van der Waals surface area contributed by atoms with Gasteiger partial charge in [0.1, 0.15) is 0 Å². The van der Waals surface area contributed by atoms with E-state index in [0.717, 1.165) is 18.5 Å². The molecule has 1 aliphatic carbocycles. The number of para-hydroxylation sites is 1. The van der Waals surface area contributed by atoms with E-state index in [2.05, 4.69) is 54.8 Å². The van der Waals surface area contributed by atoms with Crippen molar-refractivity contribution in [3.63, 3.8) is 0 Å². The molecular weight excluding hydrogens is 234 g/mol. The number of hydrogen-bond donors (Lipinski definition) is 1. The van der Waals surface area contributed by atoms with Crippen LogP contribution in [0.2, 0.25) is 0 Å². The van der Waals surface area contributed by atoms with Gasteiger partial charge in [-0.1, -0.05) is 32.0 Å². The molecule has 0 spiro atoms. The normalized spacial score (nSPS) is 21.2. The molecule has 0 aliphatic heterocycles. The van der Waals surface area contributed by atoms with Gasteiger partial charge in [0.2, 0.25) is 0 Å². The lowest BCUT2D eigenvalue weighted by Crippen LogP contribution is -2.30. The highest BCUT2D eigenvalue weighted by Crippen LogP contribution is 2.40. The molecule has 2 N–H and O–H groups in total. The van der Waals surface area contributed by atoms with Crippen LogP contribution >= 0.6 is 0 Å². The minimum Gasteiger partial charge on any atom is -0.324 e. The Morgan fingerprint density at radius 2 is 2.05 bits per heavy atom. The van der Waals surface area contributed by atoms with E-state index in [1.165, 1.54) is 16.8 Å². The van der Waals surface area contributed by atoms with E-state index in [0.29, 0.717) is 0 Å². The summed E-state index contributed by atoms with van der Waals surface area (Å²) in [6, 6.07) is 8.47. The maximum atomic E-state index is 6.30. The zero-order valence-corrected chi connectivity index (χ0v) is 11.9. The van der Waals surface area contributed by atoms with Crippen molar-refractivity contribution in [3.05, 3.63) is 47.3 Å². The van der Waals surface area contributed by atoms with Crippen LogP contribution in [-0.2, 0) is 6.42 Å². The number of nitrogens with zero attached hydrogens (tertiary/aromatic N) is 2. The Bertz CT molecular complexity index is 610. The molecule has 0 saturated carbocycles. The smallest absolute Gasteiger partial charge is 0.0678 e. The highest BCUT2D eigenvalue weighted by molar-refractivity contribution is 5.43. The van der Waals surface area contributed by atoms with Gasteiger partial charge < -0.3 is 5.73 Å². The van der Waals surface area contributed by atoms with Gasteiger partial charge in [-0.25, -0.2) is 4.68 Å². The molecule has 3 rings (SSSR count). The van der Waals surface area contributed by atoms with Gasteiger partial charge in [0, 0.05) is 17.3 Å². The lowest BCUT2D eigenvalue weighted by atomic mass is 9.74. The highest BCUT2D eigenvalue weighted by Gasteiger charge is 2.33. The van der Waals surface area contributed by atoms with Gasteiger partial charge >= 0.3 is 0 Å². The first kappa shape index (κ1) is 12.4. The molecule has 1 aromatic heterocycles. The Morgan fingerprint density at radius 1 is 1.32 bits per heavy atom. The van der Waals surface area contributed by atoms with E-state index < -0.39 is 0 Å². The Kier molecular flexibility index (Phi) is 2.75. The van der Waals surface area contributed by atoms with Crippen molar-refractivity contribution in [2.75, 3.05) is 0 Å². The lowest BCUT2D eigenvalue weighted by molar-refractivity contribution is 0.278. The zero-order chi connectivity index (χ0) is 13.6. The highest BCUT2D eigenvalue weighted by atomic mass is 15.3. The average Bonchev–Trinajstić information content (AvgIpc) is 2.72. The molecule has 19 heavy (non-hydrogen) atoms. The lowest BCUT2D eigenvalue weighted by Gasteiger charge is -2.33. The monoisotopic (exact) mass is 255 g/mol. The first-order chi connectivity index (χ1) is 8.98. The van der Waals surface area contributed by atoms with Gasteiger partial charge in [-0.15, -0.1) is 0 Å². The van der Waals surface area contributed by atoms with Gasteiger partial charge in [-0.3, -0.25) is 0 Å². The average molecular weight is 255 g/mol. The molecule has 0 unspecified atom stereocenters. The SMILES string of the molecule is Cc1ccccc1-n1ncc2c1CC(C)(C)C[C@H]2N. The fourth-order valence-corrected chi connectivity index (χ4v) is 3.11. The van der Waals surface area contributed by atoms with Crippen molar-refractivity contribution < 1.29 is 0 Å². The summed E-state index contributed by atoms with van der Waals surface area (Å²) in [5.41, 5.74) is 11.4. The fourth-order valence-electron chi connectivity index (χ4n) is 3.11. The molecule has 2 aromatic rings. The van der Waals surface area contributed by atoms with E-state index >= 15 is 0 Å². The first-order valence-electron chi connectivity index (χ1n) is 6.86. The number of benzene rings is 1. The standard InChI is InChI=1S/C16H21N3/c1-11-6-4-5-7-14(11)19-15-9-16(2,3)8-13(17)12(15)10-18-19/h4-7,10,13H,8-9,17H2,1-3H3/t13-/m1/s1. The predicted octanol–water partition coefficient (Wildman–Crippen LogP) is 3.15. The summed E-state index contributed by atoms with van der Waals surface area (Å²) < 4.78 is 2.07. The number of rotatable bonds is 1. The summed E-state index contributed by atoms with van der Waals surface area (Å²) in [6.45, 7) is 6.69. The molecule has 0 saturated heterocycles. The third-order valence-electron chi connectivity index (χ3n) is 4.06. The number of hydrogen-bond acceptors (Lipinski definition) is 2. The molecular formula is C16H21N3. The quantitative estimate of drug-likeness (QED) is 0.850. The van der Waals surface area contributed by atoms with Crippen LogP contribution in [0.4, 0.5) is 0 Å². The molecule has 1 heterocycles. The summed E-state index contributed by atoms with van der Waals surface area (Å²) in [7, 11) is 0. The predicted molar refractivity (Wildman–Crippen MR) is 77.3 cm³/mol. The zero-order valence-electron chi connectivity index (χ0n) is 11.9. The van der Waals surface area contributed by atoms with Crippen LogP contribution in [-0.4, -0.2) is 9.78 Å². The molecule has 0 radical (unpaired) electrons. The third-order valence-corrected chi connectivity index (χ3v) is 4.06. The second-order valence-electron chi connectivity index (χ2n) is 6.40. The summed E-state index contributed by atoms with van der Waals surface area (Å²) in [6.07, 6.45) is 4.01. The number of aryl methyl sites for hydroxylation is 1. The van der Waals surface area contributed by atoms with Gasteiger partial charge in [0.05, 0.1) is 11.9 Å². The second-order valence-corrected chi connectivity index (χ2v) is 6.40. The molecule has 1 atom stereocenters. The van der Waals surface area contributed by atoms with Crippen molar-refractivity contribution in [1.82, 2.24) is 9.78 Å².